The largest absolute Gasteiger partial charge is 0.360 e. The molecule has 3 aromatic rings. The van der Waals surface area contributed by atoms with Crippen LogP contribution in [0.15, 0.2) is 35.0 Å². The molecule has 1 unspecified atom stereocenters. The quantitative estimate of drug-likeness (QED) is 0.611. The van der Waals surface area contributed by atoms with Crippen LogP contribution in [0.5, 0.6) is 0 Å². The van der Waals surface area contributed by atoms with Gasteiger partial charge in [-0.2, -0.15) is 4.98 Å². The molecule has 0 bridgehead atoms. The zero-order chi connectivity index (χ0) is 22.7. The number of rotatable bonds is 7. The molecule has 1 aliphatic heterocycles. The first kappa shape index (κ1) is 22.0. The topological polar surface area (TPSA) is 95.3 Å². The second-order valence-corrected chi connectivity index (χ2v) is 8.96. The molecule has 1 aliphatic rings. The number of nitrogens with zero attached hydrogens (tertiary/aromatic N) is 4. The standard InChI is InChI=1S/C24H31N5O3/c1-16(2)13-23-26-22(27-32-23)10-12-29(17(3)30)18-7-6-11-28(15-18)24(31)20-14-25-21-9-5-4-8-19(20)21/h4-5,8-9,14,16,18,25H,6-7,10-13,15H2,1-3H3. The highest BCUT2D eigenvalue weighted by molar-refractivity contribution is 6.06. The first-order valence-electron chi connectivity index (χ1n) is 11.4. The summed E-state index contributed by atoms with van der Waals surface area (Å²) >= 11 is 0. The van der Waals surface area contributed by atoms with Crippen LogP contribution in [-0.2, 0) is 17.6 Å². The zero-order valence-corrected chi connectivity index (χ0v) is 19.0. The predicted molar refractivity (Wildman–Crippen MR) is 121 cm³/mol. The van der Waals surface area contributed by atoms with E-state index in [4.69, 9.17) is 4.52 Å². The molecule has 2 aromatic heterocycles. The van der Waals surface area contributed by atoms with Crippen molar-refractivity contribution in [2.75, 3.05) is 19.6 Å². The van der Waals surface area contributed by atoms with Gasteiger partial charge < -0.3 is 19.3 Å². The molecule has 0 radical (unpaired) electrons. The van der Waals surface area contributed by atoms with Gasteiger partial charge in [0.1, 0.15) is 0 Å². The highest BCUT2D eigenvalue weighted by Gasteiger charge is 2.30. The Morgan fingerprint density at radius 3 is 2.91 bits per heavy atom. The Kier molecular flexibility index (Phi) is 6.58. The van der Waals surface area contributed by atoms with Gasteiger partial charge in [-0.3, -0.25) is 9.59 Å². The van der Waals surface area contributed by atoms with Gasteiger partial charge in [-0.25, -0.2) is 0 Å². The number of carbonyl (C=O) groups is 2. The van der Waals surface area contributed by atoms with Crippen LogP contribution in [-0.4, -0.2) is 62.4 Å². The molecule has 32 heavy (non-hydrogen) atoms. The number of aromatic nitrogens is 3. The van der Waals surface area contributed by atoms with Crippen LogP contribution in [0.1, 0.15) is 55.7 Å². The first-order chi connectivity index (χ1) is 15.4. The number of piperidine rings is 1. The summed E-state index contributed by atoms with van der Waals surface area (Å²) in [5.41, 5.74) is 1.63. The minimum Gasteiger partial charge on any atom is -0.360 e. The fraction of sp³-hybridized carbons (Fsp3) is 0.500. The van der Waals surface area contributed by atoms with Crippen molar-refractivity contribution in [2.45, 2.75) is 52.5 Å². The van der Waals surface area contributed by atoms with E-state index in [-0.39, 0.29) is 17.9 Å². The zero-order valence-electron chi connectivity index (χ0n) is 19.0. The minimum absolute atomic E-state index is 0.00212. The number of fused-ring (bicyclic) bond motifs is 1. The lowest BCUT2D eigenvalue weighted by Gasteiger charge is -2.39. The number of para-hydroxylation sites is 1. The fourth-order valence-electron chi connectivity index (χ4n) is 4.45. The molecule has 170 valence electrons. The summed E-state index contributed by atoms with van der Waals surface area (Å²) in [5, 5.41) is 4.99. The maximum absolute atomic E-state index is 13.3. The summed E-state index contributed by atoms with van der Waals surface area (Å²) in [6, 6.07) is 7.80. The third kappa shape index (κ3) is 4.84. The Balaban J connectivity index is 1.42. The Morgan fingerprint density at radius 1 is 1.31 bits per heavy atom. The van der Waals surface area contributed by atoms with Crippen LogP contribution >= 0.6 is 0 Å². The molecule has 1 fully saturated rings. The van der Waals surface area contributed by atoms with Crippen molar-refractivity contribution >= 4 is 22.7 Å². The number of hydrogen-bond acceptors (Lipinski definition) is 5. The van der Waals surface area contributed by atoms with Crippen LogP contribution < -0.4 is 0 Å². The monoisotopic (exact) mass is 437 g/mol. The molecule has 8 heteroatoms. The van der Waals surface area contributed by atoms with E-state index in [1.807, 2.05) is 34.1 Å². The van der Waals surface area contributed by atoms with Crippen LogP contribution in [0, 0.1) is 5.92 Å². The van der Waals surface area contributed by atoms with E-state index in [9.17, 15) is 9.59 Å². The highest BCUT2D eigenvalue weighted by atomic mass is 16.5. The Labute approximate surface area is 188 Å². The summed E-state index contributed by atoms with van der Waals surface area (Å²) in [5.74, 6) is 1.71. The average molecular weight is 438 g/mol. The highest BCUT2D eigenvalue weighted by Crippen LogP contribution is 2.23. The van der Waals surface area contributed by atoms with E-state index in [1.54, 1.807) is 13.1 Å². The minimum atomic E-state index is -0.0163. The maximum Gasteiger partial charge on any atom is 0.256 e. The second kappa shape index (κ2) is 9.54. The van der Waals surface area contributed by atoms with Crippen molar-refractivity contribution in [1.82, 2.24) is 24.9 Å². The molecule has 2 amide bonds. The number of H-pyrrole nitrogens is 1. The molecular formula is C24H31N5O3. The van der Waals surface area contributed by atoms with Crippen molar-refractivity contribution in [3.05, 3.63) is 47.7 Å². The fourth-order valence-corrected chi connectivity index (χ4v) is 4.45. The Bertz CT molecular complexity index is 1090. The van der Waals surface area contributed by atoms with E-state index in [2.05, 4.69) is 29.0 Å². The van der Waals surface area contributed by atoms with E-state index in [1.165, 1.54) is 0 Å². The van der Waals surface area contributed by atoms with Gasteiger partial charge >= 0.3 is 0 Å². The van der Waals surface area contributed by atoms with Crippen LogP contribution in [0.3, 0.4) is 0 Å². The number of hydrogen-bond donors (Lipinski definition) is 1. The summed E-state index contributed by atoms with van der Waals surface area (Å²) in [6.07, 6.45) is 4.81. The predicted octanol–water partition coefficient (Wildman–Crippen LogP) is 3.45. The van der Waals surface area contributed by atoms with Gasteiger partial charge in [-0.05, 0) is 24.8 Å². The molecule has 0 spiro atoms. The number of carbonyl (C=O) groups excluding carboxylic acids is 2. The summed E-state index contributed by atoms with van der Waals surface area (Å²) < 4.78 is 5.32. The number of nitrogens with one attached hydrogen (secondary N) is 1. The third-order valence-electron chi connectivity index (χ3n) is 6.02. The number of likely N-dealkylation sites (tertiary alicyclic amines) is 1. The van der Waals surface area contributed by atoms with Crippen LogP contribution in [0.2, 0.25) is 0 Å². The number of benzene rings is 1. The van der Waals surface area contributed by atoms with Gasteiger partial charge in [0.15, 0.2) is 5.82 Å². The molecule has 3 heterocycles. The average Bonchev–Trinajstić information content (AvgIpc) is 3.40. The van der Waals surface area contributed by atoms with Gasteiger partial charge in [-0.15, -0.1) is 0 Å². The van der Waals surface area contributed by atoms with Crippen molar-refractivity contribution in [2.24, 2.45) is 5.92 Å². The summed E-state index contributed by atoms with van der Waals surface area (Å²) in [4.78, 5) is 37.1. The molecule has 0 aliphatic carbocycles. The van der Waals surface area contributed by atoms with Gasteiger partial charge in [0, 0.05) is 62.5 Å². The maximum atomic E-state index is 13.3. The van der Waals surface area contributed by atoms with Crippen LogP contribution in [0.4, 0.5) is 0 Å². The SMILES string of the molecule is CC(=O)N(CCc1noc(CC(C)C)n1)C1CCCN(C(=O)c2c[nH]c3ccccc23)C1. The van der Waals surface area contributed by atoms with Gasteiger partial charge in [0.2, 0.25) is 11.8 Å². The van der Waals surface area contributed by atoms with E-state index in [0.29, 0.717) is 49.3 Å². The lowest BCUT2D eigenvalue weighted by molar-refractivity contribution is -0.132. The summed E-state index contributed by atoms with van der Waals surface area (Å²) in [7, 11) is 0. The molecule has 4 rings (SSSR count). The molecule has 1 N–H and O–H groups in total. The Hall–Kier alpha value is -3.16. The first-order valence-corrected chi connectivity index (χ1v) is 11.4. The van der Waals surface area contributed by atoms with Crippen molar-refractivity contribution in [1.29, 1.82) is 0 Å². The smallest absolute Gasteiger partial charge is 0.256 e. The Morgan fingerprint density at radius 2 is 2.12 bits per heavy atom. The lowest BCUT2D eigenvalue weighted by Crippen LogP contribution is -2.51. The summed E-state index contributed by atoms with van der Waals surface area (Å²) in [6.45, 7) is 7.53. The van der Waals surface area contributed by atoms with Gasteiger partial charge in [-0.1, -0.05) is 37.2 Å². The van der Waals surface area contributed by atoms with E-state index >= 15 is 0 Å². The van der Waals surface area contributed by atoms with E-state index in [0.717, 1.165) is 30.2 Å². The van der Waals surface area contributed by atoms with E-state index < -0.39 is 0 Å². The number of aromatic amines is 1. The van der Waals surface area contributed by atoms with Crippen molar-refractivity contribution in [3.63, 3.8) is 0 Å². The molecule has 0 saturated carbocycles. The molecule has 1 aromatic carbocycles. The number of amides is 2. The molecular weight excluding hydrogens is 406 g/mol. The molecule has 1 saturated heterocycles. The van der Waals surface area contributed by atoms with Crippen molar-refractivity contribution < 1.29 is 14.1 Å². The van der Waals surface area contributed by atoms with Gasteiger partial charge in [0.25, 0.3) is 5.91 Å². The molecule has 8 nitrogen and oxygen atoms in total. The third-order valence-corrected chi connectivity index (χ3v) is 6.02. The lowest BCUT2D eigenvalue weighted by atomic mass is 10.0. The normalized spacial score (nSPS) is 16.6. The van der Waals surface area contributed by atoms with Crippen molar-refractivity contribution in [3.8, 4) is 0 Å². The molecule has 1 atom stereocenters. The van der Waals surface area contributed by atoms with Crippen LogP contribution in [0.25, 0.3) is 10.9 Å². The second-order valence-electron chi connectivity index (χ2n) is 8.96. The van der Waals surface area contributed by atoms with Gasteiger partial charge in [0.05, 0.1) is 5.56 Å².